The van der Waals surface area contributed by atoms with E-state index < -0.39 is 0 Å². The van der Waals surface area contributed by atoms with Gasteiger partial charge in [-0.3, -0.25) is 19.3 Å². The number of aryl methyl sites for hydroxylation is 1. The van der Waals surface area contributed by atoms with Gasteiger partial charge >= 0.3 is 0 Å². The molecule has 3 heterocycles. The number of amides is 1. The number of rotatable bonds is 5. The summed E-state index contributed by atoms with van der Waals surface area (Å²) in [5.74, 6) is 0.954. The van der Waals surface area contributed by atoms with Crippen LogP contribution in [-0.2, 0) is 17.9 Å². The summed E-state index contributed by atoms with van der Waals surface area (Å²) in [6, 6.07) is 2.92. The van der Waals surface area contributed by atoms with E-state index in [-0.39, 0.29) is 5.91 Å². The quantitative estimate of drug-likeness (QED) is 0.880. The fraction of sp³-hybridized carbons (Fsp3) is 0.789. The lowest BCUT2D eigenvalue weighted by Gasteiger charge is -2.39. The summed E-state index contributed by atoms with van der Waals surface area (Å²) in [7, 11) is 0. The maximum absolute atomic E-state index is 11.5. The summed E-state index contributed by atoms with van der Waals surface area (Å²) in [6.07, 6.45) is 5.43. The van der Waals surface area contributed by atoms with Gasteiger partial charge in [-0.25, -0.2) is 0 Å². The van der Waals surface area contributed by atoms with E-state index in [4.69, 9.17) is 5.10 Å². The number of carbonyl (C=O) groups is 1. The molecule has 1 unspecified atom stereocenters. The lowest BCUT2D eigenvalue weighted by atomic mass is 10.1. The van der Waals surface area contributed by atoms with E-state index in [0.29, 0.717) is 12.5 Å². The summed E-state index contributed by atoms with van der Waals surface area (Å²) in [6.45, 7) is 9.48. The number of carbonyl (C=O) groups excluding carboxylic acids is 1. The Balaban J connectivity index is 1.31. The van der Waals surface area contributed by atoms with Gasteiger partial charge in [-0.1, -0.05) is 0 Å². The third kappa shape index (κ3) is 4.06. The molecular weight excluding hydrogens is 314 g/mol. The highest BCUT2D eigenvalue weighted by atomic mass is 16.1. The van der Waals surface area contributed by atoms with Crippen molar-refractivity contribution in [3.8, 4) is 0 Å². The first-order chi connectivity index (χ1) is 12.2. The third-order valence-electron chi connectivity index (χ3n) is 5.99. The van der Waals surface area contributed by atoms with Gasteiger partial charge in [0.25, 0.3) is 0 Å². The predicted molar refractivity (Wildman–Crippen MR) is 97.4 cm³/mol. The highest BCUT2D eigenvalue weighted by Crippen LogP contribution is 2.39. The van der Waals surface area contributed by atoms with Gasteiger partial charge in [0.1, 0.15) is 0 Å². The Morgan fingerprint density at radius 1 is 1.16 bits per heavy atom. The van der Waals surface area contributed by atoms with E-state index in [1.165, 1.54) is 24.2 Å². The van der Waals surface area contributed by atoms with Crippen molar-refractivity contribution in [2.24, 2.45) is 0 Å². The average Bonchev–Trinajstić information content (AvgIpc) is 3.42. The Morgan fingerprint density at radius 2 is 1.96 bits per heavy atom. The van der Waals surface area contributed by atoms with E-state index in [1.54, 1.807) is 0 Å². The molecule has 3 aliphatic rings. The van der Waals surface area contributed by atoms with E-state index in [0.717, 1.165) is 64.6 Å². The maximum atomic E-state index is 11.5. The summed E-state index contributed by atoms with van der Waals surface area (Å²) in [5, 5.41) is 7.80. The monoisotopic (exact) mass is 345 g/mol. The molecule has 1 aliphatic carbocycles. The van der Waals surface area contributed by atoms with Gasteiger partial charge in [-0.2, -0.15) is 5.10 Å². The molecule has 0 radical (unpaired) electrons. The van der Waals surface area contributed by atoms with Crippen molar-refractivity contribution in [1.29, 1.82) is 0 Å². The van der Waals surface area contributed by atoms with Crippen LogP contribution in [0.2, 0.25) is 0 Å². The van der Waals surface area contributed by atoms with Crippen LogP contribution < -0.4 is 5.32 Å². The molecule has 138 valence electrons. The van der Waals surface area contributed by atoms with Crippen LogP contribution in [0.1, 0.15) is 56.3 Å². The van der Waals surface area contributed by atoms with Crippen LogP contribution in [0.5, 0.6) is 0 Å². The lowest BCUT2D eigenvalue weighted by Crippen LogP contribution is -2.50. The normalized spacial score (nSPS) is 26.4. The molecule has 6 nitrogen and oxygen atoms in total. The molecule has 1 N–H and O–H groups in total. The van der Waals surface area contributed by atoms with E-state index >= 15 is 0 Å². The minimum absolute atomic E-state index is 0.223. The van der Waals surface area contributed by atoms with Crippen LogP contribution in [0.15, 0.2) is 6.07 Å². The SMILES string of the molecule is CCn1nc(C2CC2)cc1CN1CCN(C2CCNC(=O)CC2)CC1. The summed E-state index contributed by atoms with van der Waals surface area (Å²) < 4.78 is 2.20. The molecule has 2 saturated heterocycles. The molecule has 1 aromatic rings. The molecule has 0 aromatic carbocycles. The van der Waals surface area contributed by atoms with E-state index in [9.17, 15) is 4.79 Å². The van der Waals surface area contributed by atoms with Gasteiger partial charge in [0.2, 0.25) is 5.91 Å². The second kappa shape index (κ2) is 7.46. The van der Waals surface area contributed by atoms with Gasteiger partial charge in [-0.05, 0) is 38.7 Å². The van der Waals surface area contributed by atoms with Gasteiger partial charge in [0.15, 0.2) is 0 Å². The molecule has 1 atom stereocenters. The number of nitrogens with zero attached hydrogens (tertiary/aromatic N) is 4. The van der Waals surface area contributed by atoms with Gasteiger partial charge in [0, 0.05) is 64.2 Å². The lowest BCUT2D eigenvalue weighted by molar-refractivity contribution is -0.120. The number of hydrogen-bond acceptors (Lipinski definition) is 4. The Labute approximate surface area is 150 Å². The van der Waals surface area contributed by atoms with E-state index in [1.807, 2.05) is 0 Å². The highest BCUT2D eigenvalue weighted by Gasteiger charge is 2.29. The van der Waals surface area contributed by atoms with Crippen molar-refractivity contribution in [2.45, 2.75) is 64.1 Å². The zero-order chi connectivity index (χ0) is 17.2. The van der Waals surface area contributed by atoms with Crippen LogP contribution in [-0.4, -0.2) is 64.3 Å². The first-order valence-electron chi connectivity index (χ1n) is 10.0. The molecule has 0 spiro atoms. The first kappa shape index (κ1) is 17.0. The van der Waals surface area contributed by atoms with Crippen LogP contribution in [0.4, 0.5) is 0 Å². The molecule has 25 heavy (non-hydrogen) atoms. The second-order valence-electron chi connectivity index (χ2n) is 7.79. The molecular formula is C19H31N5O. The smallest absolute Gasteiger partial charge is 0.220 e. The topological polar surface area (TPSA) is 53.4 Å². The molecule has 2 aliphatic heterocycles. The molecule has 1 amide bonds. The van der Waals surface area contributed by atoms with Crippen molar-refractivity contribution in [3.05, 3.63) is 17.5 Å². The zero-order valence-electron chi connectivity index (χ0n) is 15.4. The number of piperazine rings is 1. The fourth-order valence-corrected chi connectivity index (χ4v) is 4.25. The van der Waals surface area contributed by atoms with Crippen molar-refractivity contribution in [3.63, 3.8) is 0 Å². The van der Waals surface area contributed by atoms with Crippen molar-refractivity contribution < 1.29 is 4.79 Å². The summed E-state index contributed by atoms with van der Waals surface area (Å²) in [5.41, 5.74) is 2.69. The van der Waals surface area contributed by atoms with Crippen LogP contribution in [0, 0.1) is 0 Å². The molecule has 4 rings (SSSR count). The van der Waals surface area contributed by atoms with Crippen molar-refractivity contribution in [1.82, 2.24) is 24.9 Å². The van der Waals surface area contributed by atoms with E-state index in [2.05, 4.69) is 32.8 Å². The summed E-state index contributed by atoms with van der Waals surface area (Å²) >= 11 is 0. The average molecular weight is 345 g/mol. The van der Waals surface area contributed by atoms with Crippen LogP contribution >= 0.6 is 0 Å². The second-order valence-corrected chi connectivity index (χ2v) is 7.79. The number of nitrogens with one attached hydrogen (secondary N) is 1. The largest absolute Gasteiger partial charge is 0.356 e. The molecule has 3 fully saturated rings. The Morgan fingerprint density at radius 3 is 2.68 bits per heavy atom. The first-order valence-corrected chi connectivity index (χ1v) is 10.0. The standard InChI is InChI=1S/C19H31N5O/c1-2-24-17(13-18(21-24)15-3-4-15)14-22-9-11-23(12-10-22)16-5-6-19(25)20-8-7-16/h13,15-16H,2-12,14H2,1H3,(H,20,25). The van der Waals surface area contributed by atoms with Crippen molar-refractivity contribution in [2.75, 3.05) is 32.7 Å². The number of hydrogen-bond donors (Lipinski definition) is 1. The predicted octanol–water partition coefficient (Wildman–Crippen LogP) is 1.57. The zero-order valence-corrected chi connectivity index (χ0v) is 15.4. The van der Waals surface area contributed by atoms with Crippen LogP contribution in [0.25, 0.3) is 0 Å². The molecule has 1 saturated carbocycles. The van der Waals surface area contributed by atoms with Crippen LogP contribution in [0.3, 0.4) is 0 Å². The van der Waals surface area contributed by atoms with Crippen molar-refractivity contribution >= 4 is 5.91 Å². The van der Waals surface area contributed by atoms with Gasteiger partial charge in [0.05, 0.1) is 11.4 Å². The number of aromatic nitrogens is 2. The fourth-order valence-electron chi connectivity index (χ4n) is 4.25. The Hall–Kier alpha value is -1.40. The molecule has 6 heteroatoms. The highest BCUT2D eigenvalue weighted by molar-refractivity contribution is 5.76. The molecule has 1 aromatic heterocycles. The Bertz CT molecular complexity index is 601. The maximum Gasteiger partial charge on any atom is 0.220 e. The van der Waals surface area contributed by atoms with Gasteiger partial charge in [-0.15, -0.1) is 0 Å². The summed E-state index contributed by atoms with van der Waals surface area (Å²) in [4.78, 5) is 16.7. The molecule has 0 bridgehead atoms. The third-order valence-corrected chi connectivity index (χ3v) is 5.99. The minimum Gasteiger partial charge on any atom is -0.356 e. The minimum atomic E-state index is 0.223. The Kier molecular flexibility index (Phi) is 5.08. The van der Waals surface area contributed by atoms with Gasteiger partial charge < -0.3 is 5.32 Å².